The number of aliphatic carboxylic acids is 2. The van der Waals surface area contributed by atoms with Crippen molar-refractivity contribution in [3.05, 3.63) is 0 Å². The van der Waals surface area contributed by atoms with Gasteiger partial charge in [0.15, 0.2) is 0 Å². The number of nitrogens with two attached hydrogens (primary N) is 1. The van der Waals surface area contributed by atoms with Crippen molar-refractivity contribution in [2.45, 2.75) is 83.1 Å². The van der Waals surface area contributed by atoms with Gasteiger partial charge in [0.25, 0.3) is 0 Å². The maximum atomic E-state index is 12.9. The zero-order valence-electron chi connectivity index (χ0n) is 18.6. The maximum absolute atomic E-state index is 12.9. The molecule has 0 aromatic rings. The van der Waals surface area contributed by atoms with Gasteiger partial charge in [-0.3, -0.25) is 19.2 Å². The zero-order chi connectivity index (χ0) is 24.6. The van der Waals surface area contributed by atoms with Crippen molar-refractivity contribution in [1.82, 2.24) is 15.5 Å². The SMILES string of the molecule is CC(C)CC(N)C(=O)NC(CCC(=O)O)C(=O)NC(C(=O)N1CCCC1C(=O)O)C(C)O. The maximum Gasteiger partial charge on any atom is 0.326 e. The summed E-state index contributed by atoms with van der Waals surface area (Å²) in [6.07, 6.45) is -0.984. The summed E-state index contributed by atoms with van der Waals surface area (Å²) in [5.41, 5.74) is 5.83. The molecule has 1 rings (SSSR count). The second-order valence-corrected chi connectivity index (χ2v) is 8.48. The van der Waals surface area contributed by atoms with E-state index < -0.39 is 66.4 Å². The van der Waals surface area contributed by atoms with Crippen molar-refractivity contribution in [3.63, 3.8) is 0 Å². The molecule has 0 spiro atoms. The van der Waals surface area contributed by atoms with Gasteiger partial charge in [0.2, 0.25) is 17.7 Å². The topological polar surface area (TPSA) is 199 Å². The zero-order valence-corrected chi connectivity index (χ0v) is 18.6. The van der Waals surface area contributed by atoms with E-state index in [-0.39, 0.29) is 25.3 Å². The van der Waals surface area contributed by atoms with E-state index in [1.807, 2.05) is 13.8 Å². The number of carboxylic acids is 2. The number of nitrogens with one attached hydrogen (secondary N) is 2. The standard InChI is InChI=1S/C20H34N4O8/c1-10(2)9-12(21)17(28)22-13(6-7-15(26)27)18(29)23-16(11(3)25)19(30)24-8-4-5-14(24)20(31)32/h10-14,16,25H,4-9,21H2,1-3H3,(H,22,28)(H,23,29)(H,26,27)(H,31,32). The molecule has 1 saturated heterocycles. The molecule has 182 valence electrons. The number of hydrogen-bond acceptors (Lipinski definition) is 7. The second kappa shape index (κ2) is 12.3. The van der Waals surface area contributed by atoms with Crippen LogP contribution in [0.2, 0.25) is 0 Å². The summed E-state index contributed by atoms with van der Waals surface area (Å²) in [5, 5.41) is 33.1. The average molecular weight is 459 g/mol. The lowest BCUT2D eigenvalue weighted by Gasteiger charge is -2.30. The molecule has 32 heavy (non-hydrogen) atoms. The van der Waals surface area contributed by atoms with Gasteiger partial charge in [0.05, 0.1) is 12.1 Å². The molecule has 1 aliphatic heterocycles. The van der Waals surface area contributed by atoms with Crippen molar-refractivity contribution in [2.24, 2.45) is 11.7 Å². The normalized spacial score (nSPS) is 19.7. The molecule has 0 radical (unpaired) electrons. The Morgan fingerprint density at radius 1 is 1.06 bits per heavy atom. The smallest absolute Gasteiger partial charge is 0.326 e. The van der Waals surface area contributed by atoms with Crippen molar-refractivity contribution < 1.29 is 39.3 Å². The molecule has 0 saturated carbocycles. The molecular weight excluding hydrogens is 424 g/mol. The number of carbonyl (C=O) groups excluding carboxylic acids is 3. The third-order valence-corrected chi connectivity index (χ3v) is 5.21. The number of likely N-dealkylation sites (tertiary alicyclic amines) is 1. The molecule has 12 nitrogen and oxygen atoms in total. The molecule has 0 aromatic carbocycles. The molecule has 1 fully saturated rings. The Morgan fingerprint density at radius 2 is 1.69 bits per heavy atom. The van der Waals surface area contributed by atoms with E-state index in [4.69, 9.17) is 10.8 Å². The van der Waals surface area contributed by atoms with Crippen LogP contribution in [0.3, 0.4) is 0 Å². The monoisotopic (exact) mass is 458 g/mol. The number of carboxylic acid groups (broad SMARTS) is 2. The van der Waals surface area contributed by atoms with Crippen LogP contribution in [0.15, 0.2) is 0 Å². The van der Waals surface area contributed by atoms with Crippen LogP contribution in [-0.4, -0.2) is 86.7 Å². The molecule has 12 heteroatoms. The Labute approximate surface area is 186 Å². The number of carbonyl (C=O) groups is 5. The molecule has 5 atom stereocenters. The number of aliphatic hydroxyl groups excluding tert-OH is 1. The van der Waals surface area contributed by atoms with Crippen molar-refractivity contribution in [1.29, 1.82) is 0 Å². The highest BCUT2D eigenvalue weighted by Gasteiger charge is 2.40. The van der Waals surface area contributed by atoms with Crippen molar-refractivity contribution >= 4 is 29.7 Å². The molecule has 0 aromatic heterocycles. The van der Waals surface area contributed by atoms with Crippen LogP contribution in [0.25, 0.3) is 0 Å². The minimum absolute atomic E-state index is 0.113. The first kappa shape index (κ1) is 27.3. The Kier molecular flexibility index (Phi) is 10.5. The summed E-state index contributed by atoms with van der Waals surface area (Å²) in [6.45, 7) is 5.16. The van der Waals surface area contributed by atoms with E-state index in [1.165, 1.54) is 6.92 Å². The first-order valence-corrected chi connectivity index (χ1v) is 10.6. The van der Waals surface area contributed by atoms with Gasteiger partial charge < -0.3 is 36.6 Å². The number of amides is 3. The predicted octanol–water partition coefficient (Wildman–Crippen LogP) is -1.35. The Morgan fingerprint density at radius 3 is 2.19 bits per heavy atom. The van der Waals surface area contributed by atoms with Gasteiger partial charge in [-0.25, -0.2) is 4.79 Å². The van der Waals surface area contributed by atoms with Gasteiger partial charge in [0, 0.05) is 13.0 Å². The van der Waals surface area contributed by atoms with Crippen LogP contribution in [0, 0.1) is 5.92 Å². The number of hydrogen-bond donors (Lipinski definition) is 6. The highest BCUT2D eigenvalue weighted by Crippen LogP contribution is 2.19. The minimum Gasteiger partial charge on any atom is -0.481 e. The lowest BCUT2D eigenvalue weighted by Crippen LogP contribution is -2.60. The Balaban J connectivity index is 2.97. The second-order valence-electron chi connectivity index (χ2n) is 8.48. The van der Waals surface area contributed by atoms with Crippen molar-refractivity contribution in [3.8, 4) is 0 Å². The lowest BCUT2D eigenvalue weighted by atomic mass is 10.0. The molecule has 0 aliphatic carbocycles. The molecular formula is C20H34N4O8. The average Bonchev–Trinajstić information content (AvgIpc) is 3.17. The van der Waals surface area contributed by atoms with E-state index in [0.717, 1.165) is 4.90 Å². The minimum atomic E-state index is -1.46. The van der Waals surface area contributed by atoms with E-state index >= 15 is 0 Å². The predicted molar refractivity (Wildman–Crippen MR) is 112 cm³/mol. The number of nitrogens with zero attached hydrogens (tertiary/aromatic N) is 1. The van der Waals surface area contributed by atoms with Gasteiger partial charge in [-0.15, -0.1) is 0 Å². The molecule has 1 aliphatic rings. The van der Waals surface area contributed by atoms with Gasteiger partial charge in [-0.05, 0) is 38.5 Å². The fourth-order valence-corrected chi connectivity index (χ4v) is 3.54. The highest BCUT2D eigenvalue weighted by atomic mass is 16.4. The molecule has 1 heterocycles. The third-order valence-electron chi connectivity index (χ3n) is 5.21. The van der Waals surface area contributed by atoms with Gasteiger partial charge >= 0.3 is 11.9 Å². The summed E-state index contributed by atoms with van der Waals surface area (Å²) in [5.74, 6) is -4.54. The molecule has 3 amide bonds. The van der Waals surface area contributed by atoms with Crippen molar-refractivity contribution in [2.75, 3.05) is 6.54 Å². The first-order chi connectivity index (χ1) is 14.8. The highest BCUT2D eigenvalue weighted by molar-refractivity contribution is 5.94. The Bertz CT molecular complexity index is 712. The fourth-order valence-electron chi connectivity index (χ4n) is 3.54. The van der Waals surface area contributed by atoms with E-state index in [2.05, 4.69) is 10.6 Å². The third kappa shape index (κ3) is 8.08. The summed E-state index contributed by atoms with van der Waals surface area (Å²) in [4.78, 5) is 61.5. The number of aliphatic hydroxyl groups is 1. The van der Waals surface area contributed by atoms with E-state index in [9.17, 15) is 34.2 Å². The molecule has 0 bridgehead atoms. The van der Waals surface area contributed by atoms with E-state index in [0.29, 0.717) is 12.8 Å². The van der Waals surface area contributed by atoms with E-state index in [1.54, 1.807) is 0 Å². The largest absolute Gasteiger partial charge is 0.481 e. The first-order valence-electron chi connectivity index (χ1n) is 10.6. The molecule has 5 unspecified atom stereocenters. The Hall–Kier alpha value is -2.73. The lowest BCUT2D eigenvalue weighted by molar-refractivity contribution is -0.150. The van der Waals surface area contributed by atoms with Crippen LogP contribution in [0.4, 0.5) is 0 Å². The summed E-state index contributed by atoms with van der Waals surface area (Å²) < 4.78 is 0. The van der Waals surface area contributed by atoms with Gasteiger partial charge in [-0.2, -0.15) is 0 Å². The van der Waals surface area contributed by atoms with Crippen LogP contribution < -0.4 is 16.4 Å². The number of rotatable bonds is 12. The van der Waals surface area contributed by atoms with Crippen LogP contribution in [0.1, 0.15) is 52.9 Å². The molecule has 7 N–H and O–H groups in total. The van der Waals surface area contributed by atoms with Crippen LogP contribution in [-0.2, 0) is 24.0 Å². The van der Waals surface area contributed by atoms with Gasteiger partial charge in [0.1, 0.15) is 18.1 Å². The quantitative estimate of drug-likeness (QED) is 0.204. The summed E-state index contributed by atoms with van der Waals surface area (Å²) in [7, 11) is 0. The van der Waals surface area contributed by atoms with Crippen LogP contribution >= 0.6 is 0 Å². The fraction of sp³-hybridized carbons (Fsp3) is 0.750. The van der Waals surface area contributed by atoms with Gasteiger partial charge in [-0.1, -0.05) is 13.8 Å². The summed E-state index contributed by atoms with van der Waals surface area (Å²) in [6, 6.07) is -4.74. The van der Waals surface area contributed by atoms with Crippen LogP contribution in [0.5, 0.6) is 0 Å². The summed E-state index contributed by atoms with van der Waals surface area (Å²) >= 11 is 0.